The highest BCUT2D eigenvalue weighted by Gasteiger charge is 2.28. The van der Waals surface area contributed by atoms with Gasteiger partial charge >= 0.3 is 0 Å². The van der Waals surface area contributed by atoms with Crippen LogP contribution in [-0.4, -0.2) is 36.3 Å². The summed E-state index contributed by atoms with van der Waals surface area (Å²) in [4.78, 5) is 19.2. The summed E-state index contributed by atoms with van der Waals surface area (Å²) in [5.41, 5.74) is 1.82. The van der Waals surface area contributed by atoms with Crippen LogP contribution < -0.4 is 4.90 Å². The van der Waals surface area contributed by atoms with Gasteiger partial charge in [0.15, 0.2) is 5.65 Å². The molecule has 0 bridgehead atoms. The lowest BCUT2D eigenvalue weighted by Gasteiger charge is -2.35. The number of hydrogen-bond acceptors (Lipinski definition) is 5. The highest BCUT2D eigenvalue weighted by Crippen LogP contribution is 2.35. The van der Waals surface area contributed by atoms with Gasteiger partial charge in [0.1, 0.15) is 18.0 Å². The normalized spacial score (nSPS) is 17.7. The Bertz CT molecular complexity index is 1010. The third-order valence-corrected chi connectivity index (χ3v) is 4.96. The van der Waals surface area contributed by atoms with Gasteiger partial charge in [-0.3, -0.25) is 0 Å². The Morgan fingerprint density at radius 1 is 1.04 bits per heavy atom. The molecular weight excluding hydrogens is 326 g/mol. The summed E-state index contributed by atoms with van der Waals surface area (Å²) in [6.07, 6.45) is 10.6. The van der Waals surface area contributed by atoms with Crippen LogP contribution in [-0.2, 0) is 0 Å². The molecule has 1 atom stereocenters. The fraction of sp³-hybridized carbons (Fsp3) is 0.263. The molecule has 1 aliphatic rings. The number of nitrogens with one attached hydrogen (secondary N) is 1. The van der Waals surface area contributed by atoms with Crippen LogP contribution in [0.3, 0.4) is 0 Å². The lowest BCUT2D eigenvalue weighted by atomic mass is 10.0. The van der Waals surface area contributed by atoms with Gasteiger partial charge in [0, 0.05) is 18.9 Å². The Balaban J connectivity index is 1.62. The third kappa shape index (κ3) is 2.44. The van der Waals surface area contributed by atoms with E-state index in [4.69, 9.17) is 0 Å². The van der Waals surface area contributed by atoms with Gasteiger partial charge in [0.05, 0.1) is 23.3 Å². The molecule has 3 aromatic heterocycles. The van der Waals surface area contributed by atoms with Gasteiger partial charge in [-0.25, -0.2) is 19.6 Å². The zero-order valence-electron chi connectivity index (χ0n) is 14.3. The lowest BCUT2D eigenvalue weighted by Crippen LogP contribution is -2.34. The molecule has 4 aromatic rings. The second-order valence-corrected chi connectivity index (χ2v) is 6.51. The highest BCUT2D eigenvalue weighted by atomic mass is 15.3. The van der Waals surface area contributed by atoms with Crippen LogP contribution >= 0.6 is 0 Å². The Labute approximate surface area is 150 Å². The van der Waals surface area contributed by atoms with Crippen LogP contribution in [0.5, 0.6) is 0 Å². The number of anilines is 1. The summed E-state index contributed by atoms with van der Waals surface area (Å²) in [6, 6.07) is 10.3. The van der Waals surface area contributed by atoms with Crippen molar-refractivity contribution < 1.29 is 0 Å². The largest absolute Gasteiger partial charge is 0.347 e. The SMILES string of the molecule is c1ccc(-n2ncc3c(N4CCCC[C@@H]4c4ncc[nH]4)ncnc32)cc1. The maximum absolute atomic E-state index is 4.62. The molecule has 5 rings (SSSR count). The van der Waals surface area contributed by atoms with E-state index >= 15 is 0 Å². The van der Waals surface area contributed by atoms with Crippen LogP contribution in [0.25, 0.3) is 16.7 Å². The first-order valence-corrected chi connectivity index (χ1v) is 8.92. The van der Waals surface area contributed by atoms with Crippen LogP contribution in [0, 0.1) is 0 Å². The van der Waals surface area contributed by atoms with Crippen LogP contribution in [0.4, 0.5) is 5.82 Å². The van der Waals surface area contributed by atoms with Crippen LogP contribution in [0.1, 0.15) is 31.1 Å². The van der Waals surface area contributed by atoms with E-state index in [0.717, 1.165) is 47.7 Å². The number of imidazole rings is 1. The number of H-pyrrole nitrogens is 1. The average molecular weight is 345 g/mol. The number of aromatic amines is 1. The molecule has 1 saturated heterocycles. The summed E-state index contributed by atoms with van der Waals surface area (Å²) < 4.78 is 1.87. The minimum atomic E-state index is 0.205. The van der Waals surface area contributed by atoms with Crippen molar-refractivity contribution in [1.29, 1.82) is 0 Å². The monoisotopic (exact) mass is 345 g/mol. The molecule has 0 spiro atoms. The molecule has 0 amide bonds. The smallest absolute Gasteiger partial charge is 0.168 e. The first kappa shape index (κ1) is 15.1. The Morgan fingerprint density at radius 3 is 2.81 bits per heavy atom. The van der Waals surface area contributed by atoms with Gasteiger partial charge in [0.2, 0.25) is 0 Å². The van der Waals surface area contributed by atoms with E-state index in [2.05, 4.69) is 29.9 Å². The second kappa shape index (κ2) is 6.25. The number of benzene rings is 1. The standard InChI is InChI=1S/C19H19N7/c1-2-6-14(7-3-1)26-19-15(12-24-26)18(22-13-23-19)25-11-5-4-8-16(25)17-20-9-10-21-17/h1-3,6-7,9-10,12-13,16H,4-5,8,11H2,(H,20,21)/t16-/m1/s1. The molecule has 4 heterocycles. The van der Waals surface area contributed by atoms with Crippen molar-refractivity contribution in [3.63, 3.8) is 0 Å². The van der Waals surface area contributed by atoms with E-state index in [-0.39, 0.29) is 6.04 Å². The average Bonchev–Trinajstić information content (AvgIpc) is 3.38. The molecule has 0 radical (unpaired) electrons. The van der Waals surface area contributed by atoms with Gasteiger partial charge in [-0.05, 0) is 31.4 Å². The molecule has 0 unspecified atom stereocenters. The summed E-state index contributed by atoms with van der Waals surface area (Å²) in [5.74, 6) is 1.92. The van der Waals surface area contributed by atoms with Crippen molar-refractivity contribution in [2.75, 3.05) is 11.4 Å². The maximum atomic E-state index is 4.62. The third-order valence-electron chi connectivity index (χ3n) is 4.96. The Hall–Kier alpha value is -3.22. The molecule has 0 aliphatic carbocycles. The van der Waals surface area contributed by atoms with Crippen molar-refractivity contribution in [2.45, 2.75) is 25.3 Å². The van der Waals surface area contributed by atoms with Gasteiger partial charge in [-0.15, -0.1) is 0 Å². The second-order valence-electron chi connectivity index (χ2n) is 6.51. The van der Waals surface area contributed by atoms with Gasteiger partial charge in [0.25, 0.3) is 0 Å². The molecule has 26 heavy (non-hydrogen) atoms. The predicted octanol–water partition coefficient (Wildman–Crippen LogP) is 3.27. The van der Waals surface area contributed by atoms with Gasteiger partial charge in [-0.1, -0.05) is 18.2 Å². The van der Waals surface area contributed by atoms with Crippen molar-refractivity contribution in [3.05, 3.63) is 61.1 Å². The van der Waals surface area contributed by atoms with E-state index in [1.807, 2.05) is 53.6 Å². The molecule has 1 fully saturated rings. The molecular formula is C19H19N7. The van der Waals surface area contributed by atoms with Crippen molar-refractivity contribution in [1.82, 2.24) is 29.7 Å². The number of nitrogens with zero attached hydrogens (tertiary/aromatic N) is 6. The Kier molecular flexibility index (Phi) is 3.62. The maximum Gasteiger partial charge on any atom is 0.168 e. The molecule has 7 nitrogen and oxygen atoms in total. The van der Waals surface area contributed by atoms with Crippen LogP contribution in [0.15, 0.2) is 55.2 Å². The number of piperidine rings is 1. The van der Waals surface area contributed by atoms with E-state index in [1.54, 1.807) is 6.33 Å². The first-order valence-electron chi connectivity index (χ1n) is 8.92. The zero-order valence-corrected chi connectivity index (χ0v) is 14.3. The predicted molar refractivity (Wildman–Crippen MR) is 99.2 cm³/mol. The summed E-state index contributed by atoms with van der Waals surface area (Å²) in [7, 11) is 0. The number of fused-ring (bicyclic) bond motifs is 1. The van der Waals surface area contributed by atoms with Gasteiger partial charge < -0.3 is 9.88 Å². The van der Waals surface area contributed by atoms with Crippen molar-refractivity contribution in [3.8, 4) is 5.69 Å². The topological polar surface area (TPSA) is 75.5 Å². The molecule has 7 heteroatoms. The number of hydrogen-bond donors (Lipinski definition) is 1. The minimum absolute atomic E-state index is 0.205. The van der Waals surface area contributed by atoms with Crippen molar-refractivity contribution in [2.24, 2.45) is 0 Å². The molecule has 1 aromatic carbocycles. The Morgan fingerprint density at radius 2 is 1.96 bits per heavy atom. The van der Waals surface area contributed by atoms with E-state index in [1.165, 1.54) is 6.42 Å². The fourth-order valence-corrected chi connectivity index (χ4v) is 3.75. The van der Waals surface area contributed by atoms with E-state index in [9.17, 15) is 0 Å². The van der Waals surface area contributed by atoms with Crippen LogP contribution in [0.2, 0.25) is 0 Å². The lowest BCUT2D eigenvalue weighted by molar-refractivity contribution is 0.456. The summed E-state index contributed by atoms with van der Waals surface area (Å²) in [6.45, 7) is 0.952. The van der Waals surface area contributed by atoms with E-state index in [0.29, 0.717) is 0 Å². The van der Waals surface area contributed by atoms with E-state index < -0.39 is 0 Å². The summed E-state index contributed by atoms with van der Waals surface area (Å²) in [5, 5.41) is 5.54. The zero-order chi connectivity index (χ0) is 17.3. The molecule has 0 saturated carbocycles. The molecule has 1 N–H and O–H groups in total. The summed E-state index contributed by atoms with van der Waals surface area (Å²) >= 11 is 0. The number of aromatic nitrogens is 6. The van der Waals surface area contributed by atoms with Crippen molar-refractivity contribution >= 4 is 16.9 Å². The minimum Gasteiger partial charge on any atom is -0.347 e. The quantitative estimate of drug-likeness (QED) is 0.617. The highest BCUT2D eigenvalue weighted by molar-refractivity contribution is 5.87. The first-order chi connectivity index (χ1) is 12.9. The fourth-order valence-electron chi connectivity index (χ4n) is 3.75. The number of rotatable bonds is 3. The molecule has 1 aliphatic heterocycles. The number of para-hydroxylation sites is 1. The van der Waals surface area contributed by atoms with Gasteiger partial charge in [-0.2, -0.15) is 5.10 Å². The molecule has 130 valence electrons.